The smallest absolute Gasteiger partial charge is 0.0562 e. The molecule has 1 aromatic carbocycles. The second-order valence-electron chi connectivity index (χ2n) is 3.90. The summed E-state index contributed by atoms with van der Waals surface area (Å²) in [7, 11) is 0. The third kappa shape index (κ3) is 2.37. The lowest BCUT2D eigenvalue weighted by molar-refractivity contribution is 0.868. The van der Waals surface area contributed by atoms with E-state index in [4.69, 9.17) is 5.73 Å². The lowest BCUT2D eigenvalue weighted by Gasteiger charge is -2.11. The molecule has 0 aliphatic rings. The van der Waals surface area contributed by atoms with Gasteiger partial charge in [-0.05, 0) is 43.2 Å². The lowest BCUT2D eigenvalue weighted by Crippen LogP contribution is -2.11. The van der Waals surface area contributed by atoms with Crippen molar-refractivity contribution in [3.05, 3.63) is 55.7 Å². The molecule has 0 aliphatic heterocycles. The summed E-state index contributed by atoms with van der Waals surface area (Å²) in [4.78, 5) is 2.63. The molecule has 1 unspecified atom stereocenters. The molecular weight excluding hydrogens is 282 g/mol. The van der Waals surface area contributed by atoms with Crippen LogP contribution in [0.2, 0.25) is 0 Å². The van der Waals surface area contributed by atoms with Gasteiger partial charge in [-0.25, -0.2) is 0 Å². The molecule has 2 aromatic rings. The number of benzene rings is 1. The summed E-state index contributed by atoms with van der Waals surface area (Å²) in [5, 5.41) is 0. The molecule has 2 N–H and O–H groups in total. The minimum Gasteiger partial charge on any atom is -0.320 e. The predicted molar refractivity (Wildman–Crippen MR) is 74.0 cm³/mol. The first-order valence-electron chi connectivity index (χ1n) is 5.16. The molecule has 0 fully saturated rings. The van der Waals surface area contributed by atoms with Crippen molar-refractivity contribution in [1.82, 2.24) is 0 Å². The first-order chi connectivity index (χ1) is 7.58. The molecule has 3 heteroatoms. The summed E-state index contributed by atoms with van der Waals surface area (Å²) < 4.78 is 1.08. The maximum absolute atomic E-state index is 6.27. The van der Waals surface area contributed by atoms with Crippen LogP contribution in [0.25, 0.3) is 0 Å². The lowest BCUT2D eigenvalue weighted by atomic mass is 10.0. The number of hydrogen-bond donors (Lipinski definition) is 1. The molecular formula is C13H14BrNS. The Morgan fingerprint density at radius 1 is 1.19 bits per heavy atom. The molecule has 0 saturated heterocycles. The average Bonchev–Trinajstić information content (AvgIpc) is 2.58. The van der Waals surface area contributed by atoms with Gasteiger partial charge in [-0.2, -0.15) is 0 Å². The fourth-order valence-corrected chi connectivity index (χ4v) is 3.05. The van der Waals surface area contributed by atoms with E-state index in [0.29, 0.717) is 0 Å². The molecule has 1 heterocycles. The van der Waals surface area contributed by atoms with Crippen LogP contribution in [-0.4, -0.2) is 0 Å². The van der Waals surface area contributed by atoms with Crippen LogP contribution in [0.5, 0.6) is 0 Å². The summed E-state index contributed by atoms with van der Waals surface area (Å²) in [6.07, 6.45) is 0. The second-order valence-corrected chi connectivity index (χ2v) is 6.27. The Bertz CT molecular complexity index is 487. The van der Waals surface area contributed by atoms with Crippen molar-refractivity contribution in [2.24, 2.45) is 5.73 Å². The van der Waals surface area contributed by atoms with Gasteiger partial charge in [0.15, 0.2) is 0 Å². The van der Waals surface area contributed by atoms with Crippen molar-refractivity contribution < 1.29 is 0 Å². The van der Waals surface area contributed by atoms with E-state index in [2.05, 4.69) is 48.0 Å². The number of thiophene rings is 1. The molecule has 1 aromatic heterocycles. The molecule has 0 amide bonds. The highest BCUT2D eigenvalue weighted by Crippen LogP contribution is 2.29. The Morgan fingerprint density at radius 2 is 1.81 bits per heavy atom. The van der Waals surface area contributed by atoms with E-state index in [9.17, 15) is 0 Å². The molecule has 0 spiro atoms. The van der Waals surface area contributed by atoms with Crippen molar-refractivity contribution in [3.63, 3.8) is 0 Å². The standard InChI is InChI=1S/C13H14BrNS/c1-8-7-12(9(2)16-8)13(15)10-3-5-11(14)6-4-10/h3-7,13H,15H2,1-2H3. The third-order valence-electron chi connectivity index (χ3n) is 2.64. The SMILES string of the molecule is Cc1cc(C(N)c2ccc(Br)cc2)c(C)s1. The summed E-state index contributed by atoms with van der Waals surface area (Å²) in [5.74, 6) is 0. The van der Waals surface area contributed by atoms with Crippen LogP contribution in [0, 0.1) is 13.8 Å². The average molecular weight is 296 g/mol. The zero-order valence-electron chi connectivity index (χ0n) is 9.33. The van der Waals surface area contributed by atoms with Gasteiger partial charge < -0.3 is 5.73 Å². The minimum atomic E-state index is -0.0157. The van der Waals surface area contributed by atoms with Gasteiger partial charge in [0.05, 0.1) is 6.04 Å². The van der Waals surface area contributed by atoms with Gasteiger partial charge in [0.1, 0.15) is 0 Å². The van der Waals surface area contributed by atoms with E-state index in [1.54, 1.807) is 11.3 Å². The maximum Gasteiger partial charge on any atom is 0.0562 e. The fraction of sp³-hybridized carbons (Fsp3) is 0.231. The number of rotatable bonds is 2. The highest BCUT2D eigenvalue weighted by atomic mass is 79.9. The topological polar surface area (TPSA) is 26.0 Å². The molecule has 84 valence electrons. The molecule has 0 aliphatic carbocycles. The van der Waals surface area contributed by atoms with Gasteiger partial charge in [-0.15, -0.1) is 11.3 Å². The van der Waals surface area contributed by atoms with Crippen molar-refractivity contribution in [2.75, 3.05) is 0 Å². The Labute approximate surface area is 108 Å². The van der Waals surface area contributed by atoms with Crippen LogP contribution in [0.4, 0.5) is 0 Å². The fourth-order valence-electron chi connectivity index (χ4n) is 1.81. The Morgan fingerprint density at radius 3 is 2.31 bits per heavy atom. The zero-order valence-corrected chi connectivity index (χ0v) is 11.7. The van der Waals surface area contributed by atoms with Crippen LogP contribution in [0.1, 0.15) is 26.9 Å². The van der Waals surface area contributed by atoms with Gasteiger partial charge in [0.25, 0.3) is 0 Å². The Hall–Kier alpha value is -0.640. The molecule has 0 bridgehead atoms. The van der Waals surface area contributed by atoms with Gasteiger partial charge in [-0.1, -0.05) is 28.1 Å². The molecule has 2 rings (SSSR count). The Balaban J connectivity index is 2.35. The van der Waals surface area contributed by atoms with E-state index < -0.39 is 0 Å². The van der Waals surface area contributed by atoms with Crippen LogP contribution < -0.4 is 5.73 Å². The van der Waals surface area contributed by atoms with Crippen molar-refractivity contribution in [1.29, 1.82) is 0 Å². The summed E-state index contributed by atoms with van der Waals surface area (Å²) in [5.41, 5.74) is 8.67. The quantitative estimate of drug-likeness (QED) is 0.884. The first kappa shape index (κ1) is 11.8. The van der Waals surface area contributed by atoms with Gasteiger partial charge >= 0.3 is 0 Å². The maximum atomic E-state index is 6.27. The summed E-state index contributed by atoms with van der Waals surface area (Å²) in [6.45, 7) is 4.25. The van der Waals surface area contributed by atoms with Crippen molar-refractivity contribution in [3.8, 4) is 0 Å². The van der Waals surface area contributed by atoms with Crippen LogP contribution in [-0.2, 0) is 0 Å². The van der Waals surface area contributed by atoms with Gasteiger partial charge in [0.2, 0.25) is 0 Å². The minimum absolute atomic E-state index is 0.0157. The zero-order chi connectivity index (χ0) is 11.7. The van der Waals surface area contributed by atoms with Crippen LogP contribution >= 0.6 is 27.3 Å². The number of hydrogen-bond acceptors (Lipinski definition) is 2. The van der Waals surface area contributed by atoms with Crippen molar-refractivity contribution in [2.45, 2.75) is 19.9 Å². The summed E-state index contributed by atoms with van der Waals surface area (Å²) in [6, 6.07) is 10.4. The Kier molecular flexibility index (Phi) is 3.47. The molecule has 1 atom stereocenters. The normalized spacial score (nSPS) is 12.8. The van der Waals surface area contributed by atoms with E-state index in [1.807, 2.05) is 12.1 Å². The molecule has 1 nitrogen and oxygen atoms in total. The van der Waals surface area contributed by atoms with E-state index in [-0.39, 0.29) is 6.04 Å². The van der Waals surface area contributed by atoms with E-state index >= 15 is 0 Å². The number of nitrogens with two attached hydrogens (primary N) is 1. The van der Waals surface area contributed by atoms with Crippen molar-refractivity contribution >= 4 is 27.3 Å². The first-order valence-corrected chi connectivity index (χ1v) is 6.77. The van der Waals surface area contributed by atoms with Crippen LogP contribution in [0.3, 0.4) is 0 Å². The number of aryl methyl sites for hydroxylation is 2. The van der Waals surface area contributed by atoms with Crippen LogP contribution in [0.15, 0.2) is 34.8 Å². The third-order valence-corrected chi connectivity index (χ3v) is 4.15. The largest absolute Gasteiger partial charge is 0.320 e. The highest BCUT2D eigenvalue weighted by Gasteiger charge is 2.13. The van der Waals surface area contributed by atoms with Gasteiger partial charge in [0, 0.05) is 14.2 Å². The predicted octanol–water partition coefficient (Wildman–Crippen LogP) is 4.18. The summed E-state index contributed by atoms with van der Waals surface area (Å²) >= 11 is 5.24. The molecule has 0 saturated carbocycles. The van der Waals surface area contributed by atoms with E-state index in [1.165, 1.54) is 15.3 Å². The monoisotopic (exact) mass is 295 g/mol. The molecule has 0 radical (unpaired) electrons. The highest BCUT2D eigenvalue weighted by molar-refractivity contribution is 9.10. The second kappa shape index (κ2) is 4.70. The van der Waals surface area contributed by atoms with Gasteiger partial charge in [-0.3, -0.25) is 0 Å². The number of halogens is 1. The van der Waals surface area contributed by atoms with E-state index in [0.717, 1.165) is 10.0 Å². The molecule has 16 heavy (non-hydrogen) atoms.